The summed E-state index contributed by atoms with van der Waals surface area (Å²) in [4.78, 5) is 28.0. The van der Waals surface area contributed by atoms with Crippen molar-refractivity contribution >= 4 is 23.5 Å². The topological polar surface area (TPSA) is 70.5 Å². The summed E-state index contributed by atoms with van der Waals surface area (Å²) in [7, 11) is 0. The van der Waals surface area contributed by atoms with E-state index in [0.717, 1.165) is 12.3 Å². The lowest BCUT2D eigenvalue weighted by molar-refractivity contribution is -0.143. The van der Waals surface area contributed by atoms with Crippen LogP contribution in [0.3, 0.4) is 0 Å². The minimum atomic E-state index is -0.849. The Balaban J connectivity index is 2.09. The summed E-state index contributed by atoms with van der Waals surface area (Å²) in [6.07, 6.45) is 1.72. The van der Waals surface area contributed by atoms with Crippen LogP contribution in [0, 0.1) is 11.7 Å². The van der Waals surface area contributed by atoms with Gasteiger partial charge in [0.1, 0.15) is 11.0 Å². The largest absolute Gasteiger partial charge is 0.481 e. The van der Waals surface area contributed by atoms with Crippen LogP contribution in [0.4, 0.5) is 4.39 Å². The molecule has 1 saturated heterocycles. The van der Waals surface area contributed by atoms with Crippen LogP contribution < -0.4 is 0 Å². The fourth-order valence-corrected chi connectivity index (χ4v) is 2.26. The monoisotopic (exact) mass is 286 g/mol. The van der Waals surface area contributed by atoms with Crippen molar-refractivity contribution in [2.75, 3.05) is 13.1 Å². The molecule has 0 radical (unpaired) electrons. The van der Waals surface area contributed by atoms with Gasteiger partial charge < -0.3 is 10.0 Å². The number of nitrogens with zero attached hydrogens (tertiary/aromatic N) is 2. The Morgan fingerprint density at radius 2 is 2.05 bits per heavy atom. The Bertz CT molecular complexity index is 516. The van der Waals surface area contributed by atoms with Crippen LogP contribution in [-0.2, 0) is 4.79 Å². The highest BCUT2D eigenvalue weighted by atomic mass is 35.5. The van der Waals surface area contributed by atoms with Crippen molar-refractivity contribution in [1.82, 2.24) is 9.88 Å². The van der Waals surface area contributed by atoms with Crippen molar-refractivity contribution in [1.29, 1.82) is 0 Å². The molecule has 0 aromatic carbocycles. The van der Waals surface area contributed by atoms with Crippen LogP contribution in [0.25, 0.3) is 0 Å². The lowest BCUT2D eigenvalue weighted by atomic mass is 9.97. The molecule has 0 atom stereocenters. The van der Waals surface area contributed by atoms with Crippen molar-refractivity contribution in [2.24, 2.45) is 5.92 Å². The zero-order chi connectivity index (χ0) is 14.0. The number of likely N-dealkylation sites (tertiary alicyclic amines) is 1. The Kier molecular flexibility index (Phi) is 3.99. The second kappa shape index (κ2) is 5.52. The van der Waals surface area contributed by atoms with Crippen LogP contribution in [0.1, 0.15) is 23.2 Å². The van der Waals surface area contributed by atoms with Crippen molar-refractivity contribution in [3.63, 3.8) is 0 Å². The maximum Gasteiger partial charge on any atom is 0.306 e. The van der Waals surface area contributed by atoms with Gasteiger partial charge in [-0.3, -0.25) is 9.59 Å². The van der Waals surface area contributed by atoms with E-state index in [-0.39, 0.29) is 10.7 Å². The van der Waals surface area contributed by atoms with Gasteiger partial charge in [0.2, 0.25) is 0 Å². The summed E-state index contributed by atoms with van der Waals surface area (Å²) in [6.45, 7) is 0.644. The molecule has 19 heavy (non-hydrogen) atoms. The number of amides is 1. The lowest BCUT2D eigenvalue weighted by Crippen LogP contribution is -2.40. The molecule has 1 N–H and O–H groups in total. The van der Waals surface area contributed by atoms with Crippen LogP contribution in [0.15, 0.2) is 12.3 Å². The molecule has 0 saturated carbocycles. The first kappa shape index (κ1) is 13.7. The van der Waals surface area contributed by atoms with Gasteiger partial charge >= 0.3 is 5.97 Å². The number of carboxylic acid groups (broad SMARTS) is 1. The van der Waals surface area contributed by atoms with E-state index < -0.39 is 23.6 Å². The normalized spacial score (nSPS) is 16.4. The van der Waals surface area contributed by atoms with Crippen LogP contribution in [-0.4, -0.2) is 40.0 Å². The van der Waals surface area contributed by atoms with E-state index in [9.17, 15) is 14.0 Å². The molecule has 0 aliphatic carbocycles. The molecular weight excluding hydrogens is 275 g/mol. The van der Waals surface area contributed by atoms with E-state index in [1.54, 1.807) is 0 Å². The number of hydrogen-bond donors (Lipinski definition) is 1. The first-order valence-electron chi connectivity index (χ1n) is 5.82. The SMILES string of the molecule is O=C(O)C1CCN(C(=O)c2cc(F)cnc2Cl)CC1. The number of aromatic nitrogens is 1. The standard InChI is InChI=1S/C12H12ClFN2O3/c13-10-9(5-8(14)6-15-10)11(17)16-3-1-7(2-4-16)12(18)19/h5-7H,1-4H2,(H,18,19). The van der Waals surface area contributed by atoms with E-state index in [1.807, 2.05) is 0 Å². The molecule has 1 aliphatic heterocycles. The maximum atomic E-state index is 13.1. The summed E-state index contributed by atoms with van der Waals surface area (Å²) in [5, 5.41) is 8.83. The quantitative estimate of drug-likeness (QED) is 0.842. The predicted molar refractivity (Wildman–Crippen MR) is 65.5 cm³/mol. The fraction of sp³-hybridized carbons (Fsp3) is 0.417. The number of piperidine rings is 1. The Labute approximate surface area is 114 Å². The van der Waals surface area contributed by atoms with E-state index in [4.69, 9.17) is 16.7 Å². The average Bonchev–Trinajstić information content (AvgIpc) is 2.41. The Morgan fingerprint density at radius 1 is 1.42 bits per heavy atom. The van der Waals surface area contributed by atoms with Gasteiger partial charge in [0.15, 0.2) is 0 Å². The first-order chi connectivity index (χ1) is 8.99. The van der Waals surface area contributed by atoms with E-state index >= 15 is 0 Å². The molecule has 2 rings (SSSR count). The zero-order valence-corrected chi connectivity index (χ0v) is 10.7. The smallest absolute Gasteiger partial charge is 0.306 e. The summed E-state index contributed by atoms with van der Waals surface area (Å²) >= 11 is 5.77. The number of hydrogen-bond acceptors (Lipinski definition) is 3. The van der Waals surface area contributed by atoms with Gasteiger partial charge in [-0.25, -0.2) is 9.37 Å². The molecule has 1 fully saturated rings. The van der Waals surface area contributed by atoms with E-state index in [0.29, 0.717) is 25.9 Å². The minimum Gasteiger partial charge on any atom is -0.481 e. The van der Waals surface area contributed by atoms with Gasteiger partial charge in [0, 0.05) is 13.1 Å². The van der Waals surface area contributed by atoms with Crippen LogP contribution in [0.2, 0.25) is 5.15 Å². The third kappa shape index (κ3) is 3.01. The molecule has 1 aliphatic rings. The Hall–Kier alpha value is -1.69. The highest BCUT2D eigenvalue weighted by Crippen LogP contribution is 2.22. The molecule has 1 aromatic heterocycles. The van der Waals surface area contributed by atoms with Gasteiger partial charge in [0.25, 0.3) is 5.91 Å². The van der Waals surface area contributed by atoms with E-state index in [2.05, 4.69) is 4.98 Å². The summed E-state index contributed by atoms with van der Waals surface area (Å²) in [6, 6.07) is 1.04. The average molecular weight is 287 g/mol. The van der Waals surface area contributed by atoms with Gasteiger partial charge in [0.05, 0.1) is 17.7 Å². The molecule has 1 amide bonds. The molecule has 5 nitrogen and oxygen atoms in total. The second-order valence-corrected chi connectivity index (χ2v) is 4.75. The number of rotatable bonds is 2. The van der Waals surface area contributed by atoms with Crippen molar-refractivity contribution in [3.8, 4) is 0 Å². The predicted octanol–water partition coefficient (Wildman–Crippen LogP) is 1.81. The number of carbonyl (C=O) groups is 2. The van der Waals surface area contributed by atoms with Gasteiger partial charge in [-0.2, -0.15) is 0 Å². The third-order valence-corrected chi connectivity index (χ3v) is 3.47. The van der Waals surface area contributed by atoms with Crippen molar-refractivity contribution in [3.05, 3.63) is 28.8 Å². The number of halogens is 2. The maximum absolute atomic E-state index is 13.1. The van der Waals surface area contributed by atoms with Gasteiger partial charge in [-0.15, -0.1) is 0 Å². The second-order valence-electron chi connectivity index (χ2n) is 4.40. The molecule has 1 aromatic rings. The third-order valence-electron chi connectivity index (χ3n) is 3.17. The van der Waals surface area contributed by atoms with Crippen molar-refractivity contribution < 1.29 is 19.1 Å². The zero-order valence-electron chi connectivity index (χ0n) is 9.97. The minimum absolute atomic E-state index is 0.00967. The number of carboxylic acids is 1. The first-order valence-corrected chi connectivity index (χ1v) is 6.20. The molecular formula is C12H12ClFN2O3. The molecule has 0 unspecified atom stereocenters. The van der Waals surface area contributed by atoms with E-state index in [1.165, 1.54) is 4.90 Å². The lowest BCUT2D eigenvalue weighted by Gasteiger charge is -2.30. The molecule has 2 heterocycles. The molecule has 7 heteroatoms. The number of pyridine rings is 1. The molecule has 0 spiro atoms. The summed E-state index contributed by atoms with van der Waals surface area (Å²) < 4.78 is 13.1. The number of carbonyl (C=O) groups excluding carboxylic acids is 1. The van der Waals surface area contributed by atoms with Gasteiger partial charge in [-0.05, 0) is 18.9 Å². The summed E-state index contributed by atoms with van der Waals surface area (Å²) in [5.74, 6) is -2.32. The highest BCUT2D eigenvalue weighted by Gasteiger charge is 2.28. The van der Waals surface area contributed by atoms with Crippen LogP contribution >= 0.6 is 11.6 Å². The summed E-state index contributed by atoms with van der Waals surface area (Å²) in [5.41, 5.74) is 0.00967. The van der Waals surface area contributed by atoms with Crippen molar-refractivity contribution in [2.45, 2.75) is 12.8 Å². The van der Waals surface area contributed by atoms with Crippen LogP contribution in [0.5, 0.6) is 0 Å². The highest BCUT2D eigenvalue weighted by molar-refractivity contribution is 6.32. The Morgan fingerprint density at radius 3 is 2.63 bits per heavy atom. The fourth-order valence-electron chi connectivity index (χ4n) is 2.07. The molecule has 0 bridgehead atoms. The number of aliphatic carboxylic acids is 1. The van der Waals surface area contributed by atoms with Gasteiger partial charge in [-0.1, -0.05) is 11.6 Å². The molecule has 102 valence electrons.